The van der Waals surface area contributed by atoms with E-state index in [0.717, 1.165) is 5.56 Å². The van der Waals surface area contributed by atoms with Gasteiger partial charge in [0.25, 0.3) is 0 Å². The lowest BCUT2D eigenvalue weighted by atomic mass is 9.95. The molecular formula is C16H17NO7S. The van der Waals surface area contributed by atoms with Crippen molar-refractivity contribution >= 4 is 28.3 Å². The Hall–Kier alpha value is -2.23. The molecule has 1 aromatic carbocycles. The fourth-order valence-electron chi connectivity index (χ4n) is 3.25. The second-order valence-electron chi connectivity index (χ2n) is 5.59. The number of ether oxygens (including phenoxy) is 2. The van der Waals surface area contributed by atoms with Gasteiger partial charge in [0.1, 0.15) is 0 Å². The van der Waals surface area contributed by atoms with E-state index in [4.69, 9.17) is 8.92 Å². The highest BCUT2D eigenvalue weighted by Crippen LogP contribution is 2.50. The summed E-state index contributed by atoms with van der Waals surface area (Å²) in [5.74, 6) is -1.04. The Morgan fingerprint density at radius 2 is 2.08 bits per heavy atom. The predicted octanol–water partition coefficient (Wildman–Crippen LogP) is 1.11. The molecule has 2 aliphatic heterocycles. The summed E-state index contributed by atoms with van der Waals surface area (Å²) in [6.45, 7) is -0.0456. The van der Waals surface area contributed by atoms with Crippen LogP contribution in [-0.4, -0.2) is 45.5 Å². The third kappa shape index (κ3) is 3.06. The van der Waals surface area contributed by atoms with Crippen molar-refractivity contribution in [2.45, 2.75) is 18.5 Å². The largest absolute Gasteiger partial charge is 0.469 e. The summed E-state index contributed by atoms with van der Waals surface area (Å²) in [6.07, 6.45) is 2.71. The van der Waals surface area contributed by atoms with Crippen molar-refractivity contribution < 1.29 is 31.7 Å². The third-order valence-electron chi connectivity index (χ3n) is 4.30. The first kappa shape index (κ1) is 17.6. The topological polar surface area (TPSA) is 99.2 Å². The summed E-state index contributed by atoms with van der Waals surface area (Å²) < 4.78 is 40.0. The van der Waals surface area contributed by atoms with Crippen molar-refractivity contribution in [1.29, 1.82) is 0 Å². The lowest BCUT2D eigenvalue weighted by Gasteiger charge is -2.20. The Balaban J connectivity index is 2.08. The van der Waals surface area contributed by atoms with Gasteiger partial charge in [-0.1, -0.05) is 18.2 Å². The Kier molecular flexibility index (Phi) is 4.63. The lowest BCUT2D eigenvalue weighted by molar-refractivity contribution is -0.141. The van der Waals surface area contributed by atoms with Crippen molar-refractivity contribution in [2.75, 3.05) is 20.8 Å². The molecule has 2 heterocycles. The first-order chi connectivity index (χ1) is 11.9. The van der Waals surface area contributed by atoms with Crippen LogP contribution < -0.4 is 0 Å². The van der Waals surface area contributed by atoms with Crippen LogP contribution in [0, 0.1) is 0 Å². The molecule has 0 bridgehead atoms. The molecule has 134 valence electrons. The molecule has 0 spiro atoms. The van der Waals surface area contributed by atoms with Crippen LogP contribution in [-0.2, 0) is 33.6 Å². The summed E-state index contributed by atoms with van der Waals surface area (Å²) in [7, 11) is -1.42. The zero-order chi connectivity index (χ0) is 18.2. The molecule has 0 amide bonds. The van der Waals surface area contributed by atoms with Gasteiger partial charge in [0.15, 0.2) is 0 Å². The minimum Gasteiger partial charge on any atom is -0.469 e. The van der Waals surface area contributed by atoms with Crippen LogP contribution in [0.2, 0.25) is 0 Å². The van der Waals surface area contributed by atoms with Gasteiger partial charge in [0.05, 0.1) is 39.3 Å². The predicted molar refractivity (Wildman–Crippen MR) is 86.3 cm³/mol. The molecule has 1 aromatic rings. The molecule has 0 N–H and O–H groups in total. The Bertz CT molecular complexity index is 846. The van der Waals surface area contributed by atoms with Gasteiger partial charge in [0, 0.05) is 6.08 Å². The molecule has 2 aliphatic rings. The van der Waals surface area contributed by atoms with E-state index in [1.54, 1.807) is 24.3 Å². The zero-order valence-corrected chi connectivity index (χ0v) is 14.5. The molecule has 1 fully saturated rings. The van der Waals surface area contributed by atoms with Crippen LogP contribution in [0.1, 0.15) is 35.2 Å². The Labute approximate surface area is 145 Å². The van der Waals surface area contributed by atoms with Gasteiger partial charge in [0.2, 0.25) is 0 Å². The van der Waals surface area contributed by atoms with E-state index < -0.39 is 34.3 Å². The van der Waals surface area contributed by atoms with E-state index in [0.29, 0.717) is 11.1 Å². The summed E-state index contributed by atoms with van der Waals surface area (Å²) in [6, 6.07) is 4.03. The molecule has 8 nitrogen and oxygen atoms in total. The maximum atomic E-state index is 12.3. The average molecular weight is 367 g/mol. The van der Waals surface area contributed by atoms with Gasteiger partial charge in [-0.3, -0.25) is 8.98 Å². The van der Waals surface area contributed by atoms with Crippen LogP contribution in [0.25, 0.3) is 6.08 Å². The van der Waals surface area contributed by atoms with Crippen LogP contribution in [0.15, 0.2) is 24.3 Å². The van der Waals surface area contributed by atoms with Crippen molar-refractivity contribution in [3.05, 3.63) is 41.0 Å². The number of hydrogen-bond donors (Lipinski definition) is 0. The molecule has 0 aliphatic carbocycles. The maximum Gasteiger partial charge on any atom is 0.339 e. The molecule has 2 atom stereocenters. The fraction of sp³-hybridized carbons (Fsp3) is 0.375. The quantitative estimate of drug-likeness (QED) is 0.580. The molecular weight excluding hydrogens is 350 g/mol. The van der Waals surface area contributed by atoms with Crippen molar-refractivity contribution in [3.8, 4) is 0 Å². The van der Waals surface area contributed by atoms with Crippen LogP contribution in [0.5, 0.6) is 0 Å². The molecule has 1 unspecified atom stereocenters. The molecule has 9 heteroatoms. The molecule has 0 aromatic heterocycles. The van der Waals surface area contributed by atoms with Gasteiger partial charge >= 0.3 is 22.2 Å². The minimum absolute atomic E-state index is 0.0456. The molecule has 3 rings (SSSR count). The summed E-state index contributed by atoms with van der Waals surface area (Å²) in [4.78, 5) is 23.1. The van der Waals surface area contributed by atoms with Crippen LogP contribution >= 0.6 is 0 Å². The van der Waals surface area contributed by atoms with Gasteiger partial charge in [-0.05, 0) is 22.8 Å². The highest BCUT2D eigenvalue weighted by molar-refractivity contribution is 7.84. The number of carbonyl (C=O) groups excluding carboxylic acids is 2. The third-order valence-corrected chi connectivity index (χ3v) is 5.76. The molecule has 0 radical (unpaired) electrons. The first-order valence-electron chi connectivity index (χ1n) is 7.52. The number of hydrogen-bond acceptors (Lipinski definition) is 7. The number of methoxy groups -OCH3 is 2. The molecule has 25 heavy (non-hydrogen) atoms. The average Bonchev–Trinajstić information content (AvgIpc) is 3.08. The van der Waals surface area contributed by atoms with Crippen molar-refractivity contribution in [3.63, 3.8) is 0 Å². The number of benzene rings is 1. The second-order valence-corrected chi connectivity index (χ2v) is 7.10. The molecule has 0 saturated carbocycles. The van der Waals surface area contributed by atoms with Crippen molar-refractivity contribution in [2.24, 2.45) is 0 Å². The first-order valence-corrected chi connectivity index (χ1v) is 8.89. The van der Waals surface area contributed by atoms with Crippen LogP contribution in [0.4, 0.5) is 0 Å². The monoisotopic (exact) mass is 367 g/mol. The van der Waals surface area contributed by atoms with Crippen LogP contribution in [0.3, 0.4) is 0 Å². The van der Waals surface area contributed by atoms with E-state index >= 15 is 0 Å². The standard InChI is InChI=1S/C16H17NO7S/c1-22-14(18)7-6-10-4-3-5-11-12(8-15(19)23-2)17-13(16(10)11)9-24-25(17,20)21/h3-7,12-13H,8-9H2,1-2H3/b7-6+/t12-,13?/m0/s1. The number of nitrogens with zero attached hydrogens (tertiary/aromatic N) is 1. The fourth-order valence-corrected chi connectivity index (χ4v) is 4.65. The highest BCUT2D eigenvalue weighted by Gasteiger charge is 2.52. The smallest absolute Gasteiger partial charge is 0.339 e. The second kappa shape index (κ2) is 6.58. The Morgan fingerprint density at radius 1 is 1.32 bits per heavy atom. The van der Waals surface area contributed by atoms with Crippen molar-refractivity contribution in [1.82, 2.24) is 4.31 Å². The van der Waals surface area contributed by atoms with Gasteiger partial charge in [-0.25, -0.2) is 4.79 Å². The SMILES string of the molecule is COC(=O)/C=C/c1cccc2c1C1COS(=O)(=O)N1[C@H]2CC(=O)OC. The van der Waals surface area contributed by atoms with E-state index in [1.165, 1.54) is 24.6 Å². The summed E-state index contributed by atoms with van der Waals surface area (Å²) >= 11 is 0. The summed E-state index contributed by atoms with van der Waals surface area (Å²) in [5, 5.41) is 0. The van der Waals surface area contributed by atoms with E-state index in [-0.39, 0.29) is 13.0 Å². The van der Waals surface area contributed by atoms with Gasteiger partial charge in [-0.15, -0.1) is 0 Å². The maximum absolute atomic E-state index is 12.3. The summed E-state index contributed by atoms with van der Waals surface area (Å²) in [5.41, 5.74) is 2.10. The normalized spacial score (nSPS) is 24.1. The van der Waals surface area contributed by atoms with Gasteiger partial charge in [-0.2, -0.15) is 12.7 Å². The highest BCUT2D eigenvalue weighted by atomic mass is 32.2. The zero-order valence-electron chi connectivity index (χ0n) is 13.7. The molecule has 1 saturated heterocycles. The number of carbonyl (C=O) groups is 2. The number of esters is 2. The number of rotatable bonds is 4. The van der Waals surface area contributed by atoms with E-state index in [9.17, 15) is 18.0 Å². The van der Waals surface area contributed by atoms with Gasteiger partial charge < -0.3 is 9.47 Å². The minimum atomic E-state index is -3.94. The van der Waals surface area contributed by atoms with E-state index in [2.05, 4.69) is 4.74 Å². The number of fused-ring (bicyclic) bond motifs is 3. The lowest BCUT2D eigenvalue weighted by Crippen LogP contribution is -2.28. The Morgan fingerprint density at radius 3 is 2.76 bits per heavy atom. The van der Waals surface area contributed by atoms with E-state index in [1.807, 2.05) is 0 Å².